The largest absolute Gasteiger partial charge is 0.232 e. The lowest BCUT2D eigenvalue weighted by Crippen LogP contribution is -2.16. The first kappa shape index (κ1) is 15.3. The predicted molar refractivity (Wildman–Crippen MR) is 99.2 cm³/mol. The molecular weight excluding hydrogens is 296 g/mol. The Balaban J connectivity index is 2.13. The number of hydrogen-bond acceptors (Lipinski definition) is 1. The van der Waals surface area contributed by atoms with Crippen LogP contribution < -0.4 is 0 Å². The summed E-state index contributed by atoms with van der Waals surface area (Å²) in [5, 5.41) is 4.73. The maximum absolute atomic E-state index is 4.73. The third-order valence-corrected chi connectivity index (χ3v) is 4.22. The van der Waals surface area contributed by atoms with Gasteiger partial charge in [0.1, 0.15) is 13.8 Å². The molecule has 114 valence electrons. The summed E-state index contributed by atoms with van der Waals surface area (Å²) < 4.78 is 1.98. The summed E-state index contributed by atoms with van der Waals surface area (Å²) in [6.45, 7) is 6.73. The SMILES string of the molecule is C[Si](C)(C)C#Cc1cc(-c2ccccc2)n(-c2ccccc2)n1. The molecule has 1 heterocycles. The van der Waals surface area contributed by atoms with Crippen LogP contribution in [0.25, 0.3) is 16.9 Å². The van der Waals surface area contributed by atoms with Gasteiger partial charge in [0.15, 0.2) is 0 Å². The van der Waals surface area contributed by atoms with Gasteiger partial charge in [-0.2, -0.15) is 5.10 Å². The fourth-order valence-corrected chi connectivity index (χ4v) is 2.78. The average molecular weight is 316 g/mol. The zero-order chi connectivity index (χ0) is 16.3. The van der Waals surface area contributed by atoms with E-state index in [-0.39, 0.29) is 0 Å². The summed E-state index contributed by atoms with van der Waals surface area (Å²) in [6.07, 6.45) is 0. The molecule has 0 saturated carbocycles. The van der Waals surface area contributed by atoms with Gasteiger partial charge in [-0.3, -0.25) is 0 Å². The van der Waals surface area contributed by atoms with Crippen molar-refractivity contribution in [2.24, 2.45) is 0 Å². The van der Waals surface area contributed by atoms with Gasteiger partial charge >= 0.3 is 0 Å². The fourth-order valence-electron chi connectivity index (χ4n) is 2.27. The first-order valence-electron chi connectivity index (χ1n) is 7.77. The van der Waals surface area contributed by atoms with Crippen LogP contribution in [0.15, 0.2) is 66.7 Å². The first-order valence-corrected chi connectivity index (χ1v) is 11.3. The third kappa shape index (κ3) is 3.80. The quantitative estimate of drug-likeness (QED) is 0.492. The van der Waals surface area contributed by atoms with Gasteiger partial charge in [-0.1, -0.05) is 74.1 Å². The average Bonchev–Trinajstić information content (AvgIpc) is 2.98. The molecule has 0 N–H and O–H groups in total. The molecule has 0 saturated heterocycles. The first-order chi connectivity index (χ1) is 11.0. The van der Waals surface area contributed by atoms with E-state index in [1.807, 2.05) is 41.1 Å². The lowest BCUT2D eigenvalue weighted by atomic mass is 10.1. The number of aromatic nitrogens is 2. The van der Waals surface area contributed by atoms with Crippen molar-refractivity contribution in [2.75, 3.05) is 0 Å². The van der Waals surface area contributed by atoms with E-state index in [2.05, 4.69) is 61.4 Å². The zero-order valence-corrected chi connectivity index (χ0v) is 14.7. The Morgan fingerprint density at radius 1 is 0.870 bits per heavy atom. The molecule has 3 heteroatoms. The Morgan fingerprint density at radius 2 is 1.48 bits per heavy atom. The molecule has 1 aromatic heterocycles. The summed E-state index contributed by atoms with van der Waals surface area (Å²) in [6, 6.07) is 22.6. The van der Waals surface area contributed by atoms with Gasteiger partial charge < -0.3 is 0 Å². The van der Waals surface area contributed by atoms with Crippen molar-refractivity contribution in [1.82, 2.24) is 9.78 Å². The van der Waals surface area contributed by atoms with Gasteiger partial charge in [0.05, 0.1) is 11.4 Å². The topological polar surface area (TPSA) is 17.8 Å². The van der Waals surface area contributed by atoms with E-state index < -0.39 is 8.07 Å². The predicted octanol–water partition coefficient (Wildman–Crippen LogP) is 4.77. The molecule has 0 fully saturated rings. The van der Waals surface area contributed by atoms with E-state index in [0.29, 0.717) is 0 Å². The minimum absolute atomic E-state index is 0.829. The van der Waals surface area contributed by atoms with Gasteiger partial charge in [0.25, 0.3) is 0 Å². The highest BCUT2D eigenvalue weighted by Crippen LogP contribution is 2.23. The van der Waals surface area contributed by atoms with E-state index in [9.17, 15) is 0 Å². The third-order valence-electron chi connectivity index (χ3n) is 3.35. The van der Waals surface area contributed by atoms with Crippen LogP contribution in [0, 0.1) is 11.5 Å². The van der Waals surface area contributed by atoms with Gasteiger partial charge in [0, 0.05) is 11.6 Å². The molecule has 2 nitrogen and oxygen atoms in total. The Bertz CT molecular complexity index is 790. The molecule has 0 radical (unpaired) electrons. The van der Waals surface area contributed by atoms with Crippen LogP contribution in [0.4, 0.5) is 0 Å². The molecule has 0 aliphatic carbocycles. The van der Waals surface area contributed by atoms with Crippen molar-refractivity contribution in [3.05, 3.63) is 72.4 Å². The van der Waals surface area contributed by atoms with E-state index in [0.717, 1.165) is 22.6 Å². The number of para-hydroxylation sites is 1. The summed E-state index contributed by atoms with van der Waals surface area (Å²) in [5.74, 6) is 3.26. The molecule has 0 spiro atoms. The molecule has 0 bridgehead atoms. The smallest absolute Gasteiger partial charge is 0.135 e. The molecule has 2 aromatic carbocycles. The van der Waals surface area contributed by atoms with Gasteiger partial charge in [-0.05, 0) is 12.1 Å². The molecule has 0 amide bonds. The van der Waals surface area contributed by atoms with Crippen LogP contribution in [0.1, 0.15) is 5.69 Å². The zero-order valence-electron chi connectivity index (χ0n) is 13.7. The van der Waals surface area contributed by atoms with E-state index in [1.165, 1.54) is 0 Å². The molecule has 0 aliphatic rings. The molecule has 0 atom stereocenters. The highest BCUT2D eigenvalue weighted by molar-refractivity contribution is 6.83. The Labute approximate surface area is 138 Å². The van der Waals surface area contributed by atoms with E-state index >= 15 is 0 Å². The second-order valence-electron chi connectivity index (χ2n) is 6.53. The molecular formula is C20H20N2Si. The minimum atomic E-state index is -1.42. The van der Waals surface area contributed by atoms with Crippen molar-refractivity contribution in [2.45, 2.75) is 19.6 Å². The van der Waals surface area contributed by atoms with Crippen molar-refractivity contribution in [3.63, 3.8) is 0 Å². The Kier molecular flexibility index (Phi) is 4.18. The van der Waals surface area contributed by atoms with Crippen molar-refractivity contribution < 1.29 is 0 Å². The summed E-state index contributed by atoms with van der Waals surface area (Å²) in [4.78, 5) is 0. The maximum Gasteiger partial charge on any atom is 0.135 e. The van der Waals surface area contributed by atoms with Gasteiger partial charge in [-0.15, -0.1) is 5.54 Å². The number of nitrogens with zero attached hydrogens (tertiary/aromatic N) is 2. The highest BCUT2D eigenvalue weighted by atomic mass is 28.3. The monoisotopic (exact) mass is 316 g/mol. The van der Waals surface area contributed by atoms with Crippen LogP contribution in [-0.4, -0.2) is 17.9 Å². The van der Waals surface area contributed by atoms with Crippen molar-refractivity contribution in [3.8, 4) is 28.4 Å². The lowest BCUT2D eigenvalue weighted by molar-refractivity contribution is 0.882. The Morgan fingerprint density at radius 3 is 2.09 bits per heavy atom. The van der Waals surface area contributed by atoms with Gasteiger partial charge in [0.2, 0.25) is 0 Å². The van der Waals surface area contributed by atoms with Gasteiger partial charge in [-0.25, -0.2) is 4.68 Å². The summed E-state index contributed by atoms with van der Waals surface area (Å²) >= 11 is 0. The highest BCUT2D eigenvalue weighted by Gasteiger charge is 2.12. The molecule has 23 heavy (non-hydrogen) atoms. The van der Waals surface area contributed by atoms with Crippen molar-refractivity contribution >= 4 is 8.07 Å². The van der Waals surface area contributed by atoms with Crippen LogP contribution in [0.2, 0.25) is 19.6 Å². The molecule has 0 aliphatic heterocycles. The van der Waals surface area contributed by atoms with Crippen LogP contribution in [-0.2, 0) is 0 Å². The van der Waals surface area contributed by atoms with Crippen LogP contribution in [0.5, 0.6) is 0 Å². The summed E-state index contributed by atoms with van der Waals surface area (Å²) in [7, 11) is -1.42. The Hall–Kier alpha value is -2.57. The van der Waals surface area contributed by atoms with Crippen LogP contribution in [0.3, 0.4) is 0 Å². The van der Waals surface area contributed by atoms with Crippen LogP contribution >= 0.6 is 0 Å². The maximum atomic E-state index is 4.73. The number of rotatable bonds is 2. The van der Waals surface area contributed by atoms with Crippen molar-refractivity contribution in [1.29, 1.82) is 0 Å². The number of hydrogen-bond donors (Lipinski definition) is 0. The molecule has 0 unspecified atom stereocenters. The van der Waals surface area contributed by atoms with E-state index in [1.54, 1.807) is 0 Å². The lowest BCUT2D eigenvalue weighted by Gasteiger charge is -2.06. The fraction of sp³-hybridized carbons (Fsp3) is 0.150. The normalized spacial score (nSPS) is 10.9. The minimum Gasteiger partial charge on any atom is -0.232 e. The number of benzene rings is 2. The second-order valence-corrected chi connectivity index (χ2v) is 11.3. The molecule has 3 rings (SSSR count). The molecule has 3 aromatic rings. The summed E-state index contributed by atoms with van der Waals surface area (Å²) in [5.41, 5.74) is 7.48. The second kappa shape index (κ2) is 6.27. The standard InChI is InChI=1S/C20H20N2Si/c1-23(2,3)15-14-18-16-20(17-10-6-4-7-11-17)22(21-18)19-12-8-5-9-13-19/h4-13,16H,1-3H3. The van der Waals surface area contributed by atoms with E-state index in [4.69, 9.17) is 5.10 Å².